The molecule has 0 saturated carbocycles. The Labute approximate surface area is 57.3 Å². The van der Waals surface area contributed by atoms with Gasteiger partial charge in [0.1, 0.15) is 5.69 Å². The van der Waals surface area contributed by atoms with Gasteiger partial charge in [-0.05, 0) is 12.1 Å². The molecule has 0 spiro atoms. The summed E-state index contributed by atoms with van der Waals surface area (Å²) < 4.78 is 12.3. The molecule has 0 aliphatic rings. The Hall–Kier alpha value is -1.56. The number of aromatic hydroxyl groups is 1. The smallest absolute Gasteiger partial charge is 0.256 e. The SMILES string of the molecule is C#Cc1ccc(O)c(F)n1. The molecule has 3 heteroatoms. The van der Waals surface area contributed by atoms with Crippen LogP contribution in [0.15, 0.2) is 12.1 Å². The van der Waals surface area contributed by atoms with E-state index in [1.54, 1.807) is 0 Å². The third-order valence-electron chi connectivity index (χ3n) is 0.977. The van der Waals surface area contributed by atoms with Gasteiger partial charge in [0.2, 0.25) is 0 Å². The number of hydrogen-bond acceptors (Lipinski definition) is 2. The van der Waals surface area contributed by atoms with Gasteiger partial charge in [-0.25, -0.2) is 4.98 Å². The zero-order chi connectivity index (χ0) is 7.56. The topological polar surface area (TPSA) is 33.1 Å². The Morgan fingerprint density at radius 3 is 2.80 bits per heavy atom. The fourth-order valence-corrected chi connectivity index (χ4v) is 0.507. The van der Waals surface area contributed by atoms with Crippen LogP contribution in [0.1, 0.15) is 5.69 Å². The standard InChI is InChI=1S/C7H4FNO/c1-2-5-3-4-6(10)7(8)9-5/h1,3-4,10H. The normalized spacial score (nSPS) is 8.80. The predicted molar refractivity (Wildman–Crippen MR) is 33.8 cm³/mol. The van der Waals surface area contributed by atoms with Gasteiger partial charge in [0.25, 0.3) is 5.95 Å². The fourth-order valence-electron chi connectivity index (χ4n) is 0.507. The minimum Gasteiger partial charge on any atom is -0.504 e. The zero-order valence-electron chi connectivity index (χ0n) is 5.00. The summed E-state index contributed by atoms with van der Waals surface area (Å²) in [5.41, 5.74) is 0.176. The average molecular weight is 137 g/mol. The van der Waals surface area contributed by atoms with Crippen molar-refractivity contribution < 1.29 is 9.50 Å². The molecular formula is C7H4FNO. The fraction of sp³-hybridized carbons (Fsp3) is 0. The minimum atomic E-state index is -0.935. The molecule has 0 saturated heterocycles. The molecule has 0 unspecified atom stereocenters. The third-order valence-corrected chi connectivity index (χ3v) is 0.977. The zero-order valence-corrected chi connectivity index (χ0v) is 5.00. The van der Waals surface area contributed by atoms with Crippen LogP contribution in [0.4, 0.5) is 4.39 Å². The molecule has 10 heavy (non-hydrogen) atoms. The Morgan fingerprint density at radius 2 is 2.30 bits per heavy atom. The number of aromatic nitrogens is 1. The van der Waals surface area contributed by atoms with E-state index in [9.17, 15) is 4.39 Å². The van der Waals surface area contributed by atoms with Crippen LogP contribution in [-0.4, -0.2) is 10.1 Å². The number of pyridine rings is 1. The summed E-state index contributed by atoms with van der Waals surface area (Å²) in [6, 6.07) is 2.52. The molecule has 1 N–H and O–H groups in total. The second-order valence-corrected chi connectivity index (χ2v) is 1.65. The Balaban J connectivity index is 3.20. The molecule has 1 aromatic rings. The van der Waals surface area contributed by atoms with E-state index in [0.717, 1.165) is 6.07 Å². The second kappa shape index (κ2) is 2.36. The Morgan fingerprint density at radius 1 is 1.60 bits per heavy atom. The third kappa shape index (κ3) is 1.06. The summed E-state index contributed by atoms with van der Waals surface area (Å²) in [6.07, 6.45) is 4.91. The molecule has 50 valence electrons. The Bertz CT molecular complexity index is 290. The highest BCUT2D eigenvalue weighted by atomic mass is 19.1. The highest BCUT2D eigenvalue weighted by Gasteiger charge is 1.99. The lowest BCUT2D eigenvalue weighted by atomic mass is 10.3. The van der Waals surface area contributed by atoms with E-state index in [-0.39, 0.29) is 5.69 Å². The molecule has 0 amide bonds. The molecular weight excluding hydrogens is 133 g/mol. The van der Waals surface area contributed by atoms with Crippen LogP contribution in [0.5, 0.6) is 5.75 Å². The Kier molecular flexibility index (Phi) is 1.55. The van der Waals surface area contributed by atoms with Crippen LogP contribution < -0.4 is 0 Å². The van der Waals surface area contributed by atoms with Crippen LogP contribution in [0.25, 0.3) is 0 Å². The summed E-state index contributed by atoms with van der Waals surface area (Å²) in [6.45, 7) is 0. The van der Waals surface area contributed by atoms with Crippen molar-refractivity contribution in [3.8, 4) is 18.1 Å². The van der Waals surface area contributed by atoms with E-state index >= 15 is 0 Å². The molecule has 0 aliphatic heterocycles. The lowest BCUT2D eigenvalue weighted by Crippen LogP contribution is -1.86. The van der Waals surface area contributed by atoms with Gasteiger partial charge in [-0.15, -0.1) is 6.42 Å². The van der Waals surface area contributed by atoms with Crippen molar-refractivity contribution in [2.24, 2.45) is 0 Å². The van der Waals surface area contributed by atoms with Crippen molar-refractivity contribution in [3.63, 3.8) is 0 Å². The molecule has 0 fully saturated rings. The molecule has 0 atom stereocenters. The van der Waals surface area contributed by atoms with Crippen molar-refractivity contribution in [2.45, 2.75) is 0 Å². The van der Waals surface area contributed by atoms with Crippen LogP contribution in [0, 0.1) is 18.3 Å². The van der Waals surface area contributed by atoms with Crippen LogP contribution >= 0.6 is 0 Å². The number of hydrogen-bond donors (Lipinski definition) is 1. The summed E-state index contributed by atoms with van der Waals surface area (Å²) >= 11 is 0. The molecule has 0 bridgehead atoms. The average Bonchev–Trinajstić information content (AvgIpc) is 1.95. The van der Waals surface area contributed by atoms with Crippen molar-refractivity contribution in [1.29, 1.82) is 0 Å². The number of nitrogens with zero attached hydrogens (tertiary/aromatic N) is 1. The molecule has 1 rings (SSSR count). The monoisotopic (exact) mass is 137 g/mol. The first-order valence-corrected chi connectivity index (χ1v) is 2.56. The summed E-state index contributed by atoms with van der Waals surface area (Å²) in [5, 5.41) is 8.63. The molecule has 0 radical (unpaired) electrons. The van der Waals surface area contributed by atoms with E-state index in [0.29, 0.717) is 0 Å². The number of rotatable bonds is 0. The highest BCUT2D eigenvalue weighted by Crippen LogP contribution is 2.11. The molecule has 1 heterocycles. The summed E-state index contributed by atoms with van der Waals surface area (Å²) in [7, 11) is 0. The summed E-state index contributed by atoms with van der Waals surface area (Å²) in [5.74, 6) is 0.711. The molecule has 0 aromatic carbocycles. The number of halogens is 1. The molecule has 0 aliphatic carbocycles. The van der Waals surface area contributed by atoms with Crippen LogP contribution in [-0.2, 0) is 0 Å². The van der Waals surface area contributed by atoms with E-state index < -0.39 is 11.7 Å². The number of terminal acetylenes is 1. The van der Waals surface area contributed by atoms with E-state index in [1.165, 1.54) is 6.07 Å². The molecule has 2 nitrogen and oxygen atoms in total. The first kappa shape index (κ1) is 6.56. The largest absolute Gasteiger partial charge is 0.504 e. The van der Waals surface area contributed by atoms with Gasteiger partial charge < -0.3 is 5.11 Å². The van der Waals surface area contributed by atoms with Crippen LogP contribution in [0.3, 0.4) is 0 Å². The lowest BCUT2D eigenvalue weighted by Gasteiger charge is -1.92. The van der Waals surface area contributed by atoms with Gasteiger partial charge in [-0.2, -0.15) is 4.39 Å². The first-order valence-electron chi connectivity index (χ1n) is 2.56. The van der Waals surface area contributed by atoms with E-state index in [2.05, 4.69) is 10.9 Å². The predicted octanol–water partition coefficient (Wildman–Crippen LogP) is 0.908. The van der Waals surface area contributed by atoms with Crippen molar-refractivity contribution >= 4 is 0 Å². The lowest BCUT2D eigenvalue weighted by molar-refractivity contribution is 0.418. The van der Waals surface area contributed by atoms with E-state index in [4.69, 9.17) is 11.5 Å². The van der Waals surface area contributed by atoms with Crippen molar-refractivity contribution in [2.75, 3.05) is 0 Å². The van der Waals surface area contributed by atoms with Gasteiger partial charge in [-0.3, -0.25) is 0 Å². The maximum atomic E-state index is 12.3. The maximum absolute atomic E-state index is 12.3. The highest BCUT2D eigenvalue weighted by molar-refractivity contribution is 5.29. The van der Waals surface area contributed by atoms with Gasteiger partial charge in [-0.1, -0.05) is 5.92 Å². The second-order valence-electron chi connectivity index (χ2n) is 1.65. The first-order chi connectivity index (χ1) is 4.74. The van der Waals surface area contributed by atoms with Crippen LogP contribution in [0.2, 0.25) is 0 Å². The maximum Gasteiger partial charge on any atom is 0.256 e. The van der Waals surface area contributed by atoms with Crippen molar-refractivity contribution in [3.05, 3.63) is 23.8 Å². The van der Waals surface area contributed by atoms with Gasteiger partial charge in [0.05, 0.1) is 0 Å². The van der Waals surface area contributed by atoms with Gasteiger partial charge >= 0.3 is 0 Å². The summed E-state index contributed by atoms with van der Waals surface area (Å²) in [4.78, 5) is 3.24. The van der Waals surface area contributed by atoms with E-state index in [1.807, 2.05) is 0 Å². The molecule has 1 aromatic heterocycles. The van der Waals surface area contributed by atoms with Gasteiger partial charge in [0.15, 0.2) is 5.75 Å². The van der Waals surface area contributed by atoms with Crippen molar-refractivity contribution in [1.82, 2.24) is 4.98 Å². The van der Waals surface area contributed by atoms with Gasteiger partial charge in [0, 0.05) is 0 Å². The minimum absolute atomic E-state index is 0.176. The quantitative estimate of drug-likeness (QED) is 0.426.